The molecule has 0 spiro atoms. The maximum absolute atomic E-state index is 7.68. The van der Waals surface area contributed by atoms with Gasteiger partial charge in [0.25, 0.3) is 0 Å². The summed E-state index contributed by atoms with van der Waals surface area (Å²) in [5.74, 6) is 2.89. The first-order chi connectivity index (χ1) is 43.6. The predicted molar refractivity (Wildman–Crippen MR) is 338 cm³/mol. The number of benzene rings is 10. The predicted octanol–water partition coefficient (Wildman–Crippen LogP) is 15.8. The lowest BCUT2D eigenvalue weighted by molar-refractivity contribution is -0.340. The topological polar surface area (TPSA) is 102 Å². The second-order valence-corrected chi connectivity index (χ2v) is 21.9. The lowest BCUT2D eigenvalue weighted by Crippen LogP contribution is -2.62. The highest BCUT2D eigenvalue weighted by Crippen LogP contribution is 2.47. The van der Waals surface area contributed by atoms with Crippen LogP contribution in [-0.2, 0) is 87.7 Å². The van der Waals surface area contributed by atoms with Crippen LogP contribution in [0.4, 0.5) is 0 Å². The van der Waals surface area contributed by atoms with Crippen LogP contribution in [0.15, 0.2) is 273 Å². The number of rotatable bonds is 28. The van der Waals surface area contributed by atoms with E-state index >= 15 is 0 Å². The van der Waals surface area contributed by atoms with E-state index in [1.54, 1.807) is 0 Å². The van der Waals surface area contributed by atoms with Gasteiger partial charge in [-0.1, -0.05) is 249 Å². The average Bonchev–Trinajstić information content (AvgIpc) is 1.07. The van der Waals surface area contributed by atoms with E-state index in [0.29, 0.717) is 68.2 Å². The van der Waals surface area contributed by atoms with Crippen molar-refractivity contribution in [3.63, 3.8) is 0 Å². The molecule has 1 saturated heterocycles. The molecule has 2 aliphatic rings. The second-order valence-electron chi connectivity index (χ2n) is 21.9. The molecule has 0 unspecified atom stereocenters. The Kier molecular flexibility index (Phi) is 20.6. The molecule has 2 aliphatic heterocycles. The molecule has 10 aromatic carbocycles. The van der Waals surface area contributed by atoms with E-state index in [2.05, 4.69) is 36.4 Å². The van der Waals surface area contributed by atoms with Crippen molar-refractivity contribution >= 4 is 0 Å². The number of hydrogen-bond acceptors (Lipinski definition) is 11. The molecule has 7 atom stereocenters. The second kappa shape index (κ2) is 30.5. The molecular weight excluding hydrogens is 1100 g/mol. The molecular formula is C77H72O11. The van der Waals surface area contributed by atoms with Gasteiger partial charge in [0.15, 0.2) is 23.9 Å². The molecule has 12 rings (SSSR count). The highest BCUT2D eigenvalue weighted by Gasteiger charge is 2.51. The molecule has 0 aromatic heterocycles. The van der Waals surface area contributed by atoms with Gasteiger partial charge in [0.1, 0.15) is 74.2 Å². The molecule has 1 fully saturated rings. The highest BCUT2D eigenvalue weighted by atomic mass is 16.7. The maximum atomic E-state index is 7.68. The van der Waals surface area contributed by atoms with Crippen molar-refractivity contribution in [3.05, 3.63) is 329 Å². The average molecular weight is 1170 g/mol. The molecule has 0 aliphatic carbocycles. The van der Waals surface area contributed by atoms with E-state index < -0.39 is 42.9 Å². The van der Waals surface area contributed by atoms with Crippen LogP contribution in [0.1, 0.15) is 61.7 Å². The molecule has 88 heavy (non-hydrogen) atoms. The number of ether oxygens (including phenoxy) is 11. The Morgan fingerprint density at radius 1 is 0.341 bits per heavy atom. The van der Waals surface area contributed by atoms with Crippen LogP contribution in [0.25, 0.3) is 0 Å². The fourth-order valence-corrected chi connectivity index (χ4v) is 10.9. The van der Waals surface area contributed by atoms with Gasteiger partial charge in [-0.25, -0.2) is 0 Å². The minimum absolute atomic E-state index is 0.147. The van der Waals surface area contributed by atoms with E-state index in [4.69, 9.17) is 52.1 Å². The first kappa shape index (κ1) is 59.3. The third-order valence-corrected chi connectivity index (χ3v) is 15.5. The molecule has 0 radical (unpaired) electrons. The Hall–Kier alpha value is -9.04. The fraction of sp³-hybridized carbons (Fsp3) is 0.221. The Bertz CT molecular complexity index is 3660. The smallest absolute Gasteiger partial charge is 0.187 e. The Morgan fingerprint density at radius 3 is 1.22 bits per heavy atom. The molecule has 10 aromatic rings. The van der Waals surface area contributed by atoms with Crippen LogP contribution in [0.5, 0.6) is 28.7 Å². The van der Waals surface area contributed by atoms with Crippen molar-refractivity contribution in [2.24, 2.45) is 0 Å². The van der Waals surface area contributed by atoms with Gasteiger partial charge < -0.3 is 52.1 Å². The summed E-state index contributed by atoms with van der Waals surface area (Å²) < 4.78 is 77.3. The standard InChI is InChI=1S/C77H72O11/c1-9-25-56(26-10-1)47-78-55-72-74(83-52-61-35-19-6-20-36-61)75(84-53-62-37-21-7-22-38-62)76(85-54-63-39-23-8-24-40-63)77(88-72)87-71-46-66-68(81-50-59-31-15-4-16-32-59)44-65(79-48-57-27-11-2-12-28-57)45-69(66)86-73(71)64-41-42-67(80-49-58-29-13-3-14-30-58)70(43-64)82-51-60-33-17-5-18-34-60/h1-45,71-77H,46-55H2/t71-,72-,73-,74-,75+,76-,77-/m1/s1. The molecule has 11 heteroatoms. The van der Waals surface area contributed by atoms with Crippen molar-refractivity contribution in [1.82, 2.24) is 0 Å². The lowest BCUT2D eigenvalue weighted by atomic mass is 9.92. The van der Waals surface area contributed by atoms with Crippen LogP contribution >= 0.6 is 0 Å². The van der Waals surface area contributed by atoms with Crippen LogP contribution in [0.3, 0.4) is 0 Å². The summed E-state index contributed by atoms with van der Waals surface area (Å²) in [5, 5.41) is 0. The van der Waals surface area contributed by atoms with Gasteiger partial charge in [-0.2, -0.15) is 0 Å². The normalized spacial score (nSPS) is 18.8. The lowest BCUT2D eigenvalue weighted by Gasteiger charge is -2.47. The SMILES string of the molecule is c1ccc(COC[C@H]2O[C@@H](O[C@@H]3Cc4c(OCc5ccccc5)cc(OCc5ccccc5)cc4O[C@@H]3c3ccc(OCc4ccccc4)c(OCc4ccccc4)c3)[C@H](OCc3ccccc3)[C@@H](OCc3ccccc3)[C@@H]2OCc2ccccc2)cc1. The highest BCUT2D eigenvalue weighted by molar-refractivity contribution is 5.54. The maximum Gasteiger partial charge on any atom is 0.187 e. The molecule has 2 heterocycles. The van der Waals surface area contributed by atoms with Crippen LogP contribution in [-0.4, -0.2) is 43.4 Å². The third kappa shape index (κ3) is 16.3. The molecule has 11 nitrogen and oxygen atoms in total. The largest absolute Gasteiger partial charge is 0.489 e. The molecule has 0 saturated carbocycles. The summed E-state index contributed by atoms with van der Waals surface area (Å²) in [6, 6.07) is 90.8. The molecule has 0 N–H and O–H groups in total. The van der Waals surface area contributed by atoms with Gasteiger partial charge in [0.05, 0.1) is 33.0 Å². The van der Waals surface area contributed by atoms with E-state index in [1.807, 2.05) is 237 Å². The van der Waals surface area contributed by atoms with E-state index in [9.17, 15) is 0 Å². The Balaban J connectivity index is 0.959. The van der Waals surface area contributed by atoms with Gasteiger partial charge in [0.2, 0.25) is 0 Å². The quantitative estimate of drug-likeness (QED) is 0.0468. The van der Waals surface area contributed by atoms with Crippen molar-refractivity contribution in [2.45, 2.75) is 102 Å². The number of fused-ring (bicyclic) bond motifs is 1. The molecule has 0 bridgehead atoms. The van der Waals surface area contributed by atoms with Gasteiger partial charge in [-0.3, -0.25) is 0 Å². The Labute approximate surface area is 515 Å². The summed E-state index contributed by atoms with van der Waals surface area (Å²) in [5.41, 5.74) is 9.61. The van der Waals surface area contributed by atoms with Crippen molar-refractivity contribution in [1.29, 1.82) is 0 Å². The van der Waals surface area contributed by atoms with Crippen LogP contribution in [0.2, 0.25) is 0 Å². The first-order valence-electron chi connectivity index (χ1n) is 30.1. The van der Waals surface area contributed by atoms with Gasteiger partial charge in [0, 0.05) is 24.1 Å². The molecule has 446 valence electrons. The summed E-state index contributed by atoms with van der Waals surface area (Å²) >= 11 is 0. The zero-order valence-electron chi connectivity index (χ0n) is 49.1. The van der Waals surface area contributed by atoms with E-state index in [-0.39, 0.29) is 26.4 Å². The van der Waals surface area contributed by atoms with Crippen molar-refractivity contribution in [3.8, 4) is 28.7 Å². The summed E-state index contributed by atoms with van der Waals surface area (Å²) in [6.45, 7) is 2.53. The minimum Gasteiger partial charge on any atom is -0.489 e. The van der Waals surface area contributed by atoms with Crippen molar-refractivity contribution < 1.29 is 52.1 Å². The monoisotopic (exact) mass is 1170 g/mol. The van der Waals surface area contributed by atoms with Gasteiger partial charge >= 0.3 is 0 Å². The summed E-state index contributed by atoms with van der Waals surface area (Å²) in [7, 11) is 0. The number of hydrogen-bond donors (Lipinski definition) is 0. The van der Waals surface area contributed by atoms with Crippen LogP contribution in [0, 0.1) is 0 Å². The van der Waals surface area contributed by atoms with Gasteiger partial charge in [-0.15, -0.1) is 0 Å². The minimum atomic E-state index is -1.08. The van der Waals surface area contributed by atoms with Crippen molar-refractivity contribution in [2.75, 3.05) is 6.61 Å². The summed E-state index contributed by atoms with van der Waals surface area (Å²) in [6.07, 6.45) is -5.30. The fourth-order valence-electron chi connectivity index (χ4n) is 10.9. The Morgan fingerprint density at radius 2 is 0.739 bits per heavy atom. The van der Waals surface area contributed by atoms with E-state index in [0.717, 1.165) is 55.6 Å². The first-order valence-corrected chi connectivity index (χ1v) is 30.1. The summed E-state index contributed by atoms with van der Waals surface area (Å²) in [4.78, 5) is 0. The van der Waals surface area contributed by atoms with Gasteiger partial charge in [-0.05, 0) is 62.2 Å². The van der Waals surface area contributed by atoms with Crippen LogP contribution < -0.4 is 23.7 Å². The molecule has 0 amide bonds. The van der Waals surface area contributed by atoms with E-state index in [1.165, 1.54) is 0 Å². The zero-order valence-corrected chi connectivity index (χ0v) is 49.1. The third-order valence-electron chi connectivity index (χ3n) is 15.5. The zero-order chi connectivity index (χ0) is 59.4.